The second-order valence-corrected chi connectivity index (χ2v) is 10.5. The highest BCUT2D eigenvalue weighted by Gasteiger charge is 2.37. The molecule has 0 N–H and O–H groups in total. The molecule has 5 heteroatoms. The first kappa shape index (κ1) is 23.8. The predicted molar refractivity (Wildman–Crippen MR) is 136 cm³/mol. The lowest BCUT2D eigenvalue weighted by molar-refractivity contribution is -0.137. The number of aryl methyl sites for hydroxylation is 1. The van der Waals surface area contributed by atoms with Crippen LogP contribution in [0.15, 0.2) is 55.0 Å². The molecule has 0 atom stereocenters. The SMILES string of the molecule is CCC=C(C(=O)On1cc(-c2cc3c(cc2C)C(C)(C)CCC3(C)C)cc1C=O)n1cccc1. The standard InChI is InChI=1S/C29H34N2O3/c1-7-10-26(30-13-8-9-14-30)27(33)34-31-18-21(16-22(31)19-32)23-17-25-24(15-20(23)2)28(3,4)11-12-29(25,5)6/h8-10,13-19H,7,11-12H2,1-6H3. The molecule has 2 heterocycles. The van der Waals surface area contributed by atoms with Gasteiger partial charge in [0.05, 0.1) is 6.20 Å². The van der Waals surface area contributed by atoms with E-state index in [9.17, 15) is 9.59 Å². The second-order valence-electron chi connectivity index (χ2n) is 10.5. The van der Waals surface area contributed by atoms with Gasteiger partial charge in [-0.25, -0.2) is 4.79 Å². The van der Waals surface area contributed by atoms with Crippen LogP contribution in [0.4, 0.5) is 0 Å². The molecule has 0 amide bonds. The molecule has 0 radical (unpaired) electrons. The first-order valence-electron chi connectivity index (χ1n) is 12.0. The topological polar surface area (TPSA) is 53.2 Å². The van der Waals surface area contributed by atoms with E-state index >= 15 is 0 Å². The van der Waals surface area contributed by atoms with E-state index in [0.717, 1.165) is 35.8 Å². The zero-order valence-electron chi connectivity index (χ0n) is 21.0. The van der Waals surface area contributed by atoms with E-state index in [4.69, 9.17) is 4.84 Å². The minimum absolute atomic E-state index is 0.0758. The van der Waals surface area contributed by atoms with Crippen molar-refractivity contribution < 1.29 is 14.4 Å². The number of carbonyl (C=O) groups is 2. The third kappa shape index (κ3) is 4.27. The Labute approximate surface area is 202 Å². The van der Waals surface area contributed by atoms with Gasteiger partial charge in [-0.05, 0) is 83.5 Å². The van der Waals surface area contributed by atoms with Crippen molar-refractivity contribution >= 4 is 18.0 Å². The van der Waals surface area contributed by atoms with Crippen LogP contribution < -0.4 is 4.84 Å². The van der Waals surface area contributed by atoms with E-state index in [2.05, 4.69) is 46.8 Å². The van der Waals surface area contributed by atoms with E-state index in [-0.39, 0.29) is 10.8 Å². The van der Waals surface area contributed by atoms with Crippen molar-refractivity contribution in [3.63, 3.8) is 0 Å². The number of allylic oxidation sites excluding steroid dienone is 1. The summed E-state index contributed by atoms with van der Waals surface area (Å²) in [6.07, 6.45) is 10.8. The number of fused-ring (bicyclic) bond motifs is 1. The van der Waals surface area contributed by atoms with Crippen LogP contribution in [0.25, 0.3) is 16.8 Å². The van der Waals surface area contributed by atoms with E-state index in [1.807, 2.05) is 25.1 Å². The molecule has 4 rings (SSSR count). The molecule has 1 aliphatic carbocycles. The summed E-state index contributed by atoms with van der Waals surface area (Å²) in [6, 6.07) is 10.1. The van der Waals surface area contributed by atoms with Crippen LogP contribution in [-0.2, 0) is 15.6 Å². The maximum Gasteiger partial charge on any atom is 0.379 e. The average molecular weight is 459 g/mol. The van der Waals surface area contributed by atoms with Gasteiger partial charge in [0.2, 0.25) is 0 Å². The quantitative estimate of drug-likeness (QED) is 0.320. The lowest BCUT2D eigenvalue weighted by Gasteiger charge is -2.42. The molecular weight excluding hydrogens is 424 g/mol. The Morgan fingerprint density at radius 3 is 2.24 bits per heavy atom. The number of carbonyl (C=O) groups excluding carboxylic acids is 2. The van der Waals surface area contributed by atoms with Crippen molar-refractivity contribution in [1.82, 2.24) is 9.30 Å². The first-order valence-corrected chi connectivity index (χ1v) is 12.0. The molecule has 178 valence electrons. The number of rotatable bonds is 6. The summed E-state index contributed by atoms with van der Waals surface area (Å²) in [5.74, 6) is -0.520. The van der Waals surface area contributed by atoms with Gasteiger partial charge in [-0.2, -0.15) is 4.73 Å². The van der Waals surface area contributed by atoms with Crippen LogP contribution in [0.3, 0.4) is 0 Å². The van der Waals surface area contributed by atoms with Crippen LogP contribution in [0.5, 0.6) is 0 Å². The van der Waals surface area contributed by atoms with Gasteiger partial charge >= 0.3 is 5.97 Å². The first-order chi connectivity index (χ1) is 16.1. The van der Waals surface area contributed by atoms with Crippen molar-refractivity contribution in [1.29, 1.82) is 0 Å². The van der Waals surface area contributed by atoms with Crippen LogP contribution >= 0.6 is 0 Å². The van der Waals surface area contributed by atoms with Gasteiger partial charge in [-0.1, -0.05) is 46.8 Å². The lowest BCUT2D eigenvalue weighted by Crippen LogP contribution is -2.34. The molecule has 1 aliphatic rings. The molecule has 1 aromatic carbocycles. The van der Waals surface area contributed by atoms with Crippen molar-refractivity contribution in [2.45, 2.75) is 71.6 Å². The van der Waals surface area contributed by atoms with Gasteiger partial charge in [0.25, 0.3) is 0 Å². The zero-order chi connectivity index (χ0) is 24.7. The molecule has 0 saturated carbocycles. The van der Waals surface area contributed by atoms with E-state index < -0.39 is 5.97 Å². The van der Waals surface area contributed by atoms with E-state index in [1.54, 1.807) is 29.2 Å². The highest BCUT2D eigenvalue weighted by molar-refractivity contribution is 6.10. The number of benzene rings is 1. The van der Waals surface area contributed by atoms with Gasteiger partial charge in [-0.3, -0.25) is 4.79 Å². The highest BCUT2D eigenvalue weighted by atomic mass is 16.7. The minimum Gasteiger partial charge on any atom is -0.329 e. The summed E-state index contributed by atoms with van der Waals surface area (Å²) >= 11 is 0. The molecule has 0 spiro atoms. The third-order valence-corrected chi connectivity index (χ3v) is 7.11. The lowest BCUT2D eigenvalue weighted by atomic mass is 9.62. The number of hydrogen-bond donors (Lipinski definition) is 0. The summed E-state index contributed by atoms with van der Waals surface area (Å²) in [5.41, 5.74) is 6.71. The van der Waals surface area contributed by atoms with Crippen LogP contribution in [0.2, 0.25) is 0 Å². The number of nitrogens with zero attached hydrogens (tertiary/aromatic N) is 2. The van der Waals surface area contributed by atoms with Crippen molar-refractivity contribution in [3.05, 3.63) is 77.4 Å². The summed E-state index contributed by atoms with van der Waals surface area (Å²) < 4.78 is 3.00. The molecule has 0 unspecified atom stereocenters. The molecule has 0 saturated heterocycles. The van der Waals surface area contributed by atoms with E-state index in [1.165, 1.54) is 15.9 Å². The minimum atomic E-state index is -0.520. The zero-order valence-corrected chi connectivity index (χ0v) is 21.0. The van der Waals surface area contributed by atoms with Crippen molar-refractivity contribution in [2.75, 3.05) is 0 Å². The molecule has 34 heavy (non-hydrogen) atoms. The second kappa shape index (κ2) is 8.79. The Bertz CT molecular complexity index is 1260. The average Bonchev–Trinajstić information content (AvgIpc) is 3.45. The molecule has 3 aromatic rings. The van der Waals surface area contributed by atoms with Crippen LogP contribution in [-0.4, -0.2) is 21.6 Å². The molecule has 0 aliphatic heterocycles. The fourth-order valence-electron chi connectivity index (χ4n) is 4.93. The maximum atomic E-state index is 13.0. The van der Waals surface area contributed by atoms with Crippen LogP contribution in [0.1, 0.15) is 81.1 Å². The molecule has 5 nitrogen and oxygen atoms in total. The number of aromatic nitrogens is 2. The number of aldehydes is 1. The molecular formula is C29H34N2O3. The van der Waals surface area contributed by atoms with Gasteiger partial charge in [0.1, 0.15) is 11.4 Å². The predicted octanol–water partition coefficient (Wildman–Crippen LogP) is 6.33. The summed E-state index contributed by atoms with van der Waals surface area (Å²) in [5, 5.41) is 0. The Hall–Kier alpha value is -3.34. The van der Waals surface area contributed by atoms with Crippen molar-refractivity contribution in [3.8, 4) is 11.1 Å². The van der Waals surface area contributed by atoms with Gasteiger partial charge in [-0.15, -0.1) is 0 Å². The smallest absolute Gasteiger partial charge is 0.329 e. The van der Waals surface area contributed by atoms with Crippen LogP contribution in [0, 0.1) is 6.92 Å². The molecule has 2 aromatic heterocycles. The fourth-order valence-corrected chi connectivity index (χ4v) is 4.93. The van der Waals surface area contributed by atoms with Crippen molar-refractivity contribution in [2.24, 2.45) is 0 Å². The maximum absolute atomic E-state index is 13.0. The molecule has 0 bridgehead atoms. The largest absolute Gasteiger partial charge is 0.379 e. The van der Waals surface area contributed by atoms with Gasteiger partial charge in [0, 0.05) is 18.0 Å². The fraction of sp³-hybridized carbons (Fsp3) is 0.379. The number of hydrogen-bond acceptors (Lipinski definition) is 3. The Morgan fingerprint density at radius 2 is 1.65 bits per heavy atom. The van der Waals surface area contributed by atoms with Gasteiger partial charge < -0.3 is 9.40 Å². The third-order valence-electron chi connectivity index (χ3n) is 7.11. The monoisotopic (exact) mass is 458 g/mol. The normalized spacial score (nSPS) is 16.7. The summed E-state index contributed by atoms with van der Waals surface area (Å²) in [6.45, 7) is 13.3. The van der Waals surface area contributed by atoms with E-state index in [0.29, 0.717) is 17.8 Å². The summed E-state index contributed by atoms with van der Waals surface area (Å²) in [4.78, 5) is 30.5. The molecule has 0 fully saturated rings. The van der Waals surface area contributed by atoms with Gasteiger partial charge in [0.15, 0.2) is 6.29 Å². The summed E-state index contributed by atoms with van der Waals surface area (Å²) in [7, 11) is 0. The Balaban J connectivity index is 1.73. The Morgan fingerprint density at radius 1 is 1.03 bits per heavy atom. The Kier molecular flexibility index (Phi) is 6.15. The highest BCUT2D eigenvalue weighted by Crippen LogP contribution is 2.47.